The number of halogens is 1. The number of carbonyl (C=O) groups is 1. The van der Waals surface area contributed by atoms with Crippen LogP contribution < -0.4 is 0 Å². The van der Waals surface area contributed by atoms with Crippen molar-refractivity contribution in [2.75, 3.05) is 0 Å². The molecule has 0 N–H and O–H groups in total. The molecule has 1 atom stereocenters. The van der Waals surface area contributed by atoms with Crippen molar-refractivity contribution in [3.8, 4) is 6.57 Å². The summed E-state index contributed by atoms with van der Waals surface area (Å²) in [6.45, 7) is 3.50. The number of nitrogens with zero attached hydrogens (tertiary/aromatic N) is 1. The van der Waals surface area contributed by atoms with Gasteiger partial charge in [-0.05, 0) is 12.8 Å². The first kappa shape index (κ1) is 8.64. The van der Waals surface area contributed by atoms with Gasteiger partial charge < -0.3 is 0 Å². The SMILES string of the molecule is C#N.O=C1CCCC1Br. The highest BCUT2D eigenvalue weighted by Crippen LogP contribution is 2.20. The van der Waals surface area contributed by atoms with Crippen LogP contribution in [0.2, 0.25) is 0 Å². The largest absolute Gasteiger partial charge is 0.298 e. The van der Waals surface area contributed by atoms with Gasteiger partial charge in [0.25, 0.3) is 0 Å². The zero-order chi connectivity index (χ0) is 7.28. The van der Waals surface area contributed by atoms with Crippen molar-refractivity contribution in [1.29, 1.82) is 5.26 Å². The number of hydrogen-bond acceptors (Lipinski definition) is 2. The predicted octanol–water partition coefficient (Wildman–Crippen LogP) is 1.64. The van der Waals surface area contributed by atoms with Crippen LogP contribution in [-0.4, -0.2) is 10.6 Å². The molecule has 0 bridgehead atoms. The van der Waals surface area contributed by atoms with Gasteiger partial charge in [0.05, 0.1) is 4.83 Å². The van der Waals surface area contributed by atoms with E-state index in [1.54, 1.807) is 0 Å². The molecular formula is C6H8BrNO. The zero-order valence-electron chi connectivity index (χ0n) is 5.01. The quantitative estimate of drug-likeness (QED) is 0.544. The summed E-state index contributed by atoms with van der Waals surface area (Å²) in [5.41, 5.74) is 0. The third-order valence-electron chi connectivity index (χ3n) is 1.23. The van der Waals surface area contributed by atoms with E-state index in [1.807, 2.05) is 0 Å². The molecule has 1 aliphatic carbocycles. The fourth-order valence-electron chi connectivity index (χ4n) is 0.773. The highest BCUT2D eigenvalue weighted by molar-refractivity contribution is 9.10. The predicted molar refractivity (Wildman–Crippen MR) is 38.2 cm³/mol. The van der Waals surface area contributed by atoms with E-state index < -0.39 is 0 Å². The first-order valence-corrected chi connectivity index (χ1v) is 3.65. The van der Waals surface area contributed by atoms with Crippen molar-refractivity contribution in [1.82, 2.24) is 0 Å². The third-order valence-corrected chi connectivity index (χ3v) is 2.20. The van der Waals surface area contributed by atoms with E-state index in [0.717, 1.165) is 19.3 Å². The highest BCUT2D eigenvalue weighted by atomic mass is 79.9. The van der Waals surface area contributed by atoms with Crippen LogP contribution in [-0.2, 0) is 4.79 Å². The van der Waals surface area contributed by atoms with Gasteiger partial charge in [-0.15, -0.1) is 0 Å². The molecule has 2 nitrogen and oxygen atoms in total. The molecule has 0 aromatic carbocycles. The molecule has 1 aliphatic rings. The van der Waals surface area contributed by atoms with Gasteiger partial charge in [-0.3, -0.25) is 4.79 Å². The minimum Gasteiger partial charge on any atom is -0.298 e. The Morgan fingerprint density at radius 1 is 1.67 bits per heavy atom. The van der Waals surface area contributed by atoms with Crippen molar-refractivity contribution in [2.45, 2.75) is 24.1 Å². The molecule has 0 saturated heterocycles. The highest BCUT2D eigenvalue weighted by Gasteiger charge is 2.20. The van der Waals surface area contributed by atoms with E-state index in [9.17, 15) is 4.79 Å². The van der Waals surface area contributed by atoms with Crippen LogP contribution in [0.3, 0.4) is 0 Å². The van der Waals surface area contributed by atoms with E-state index in [4.69, 9.17) is 5.26 Å². The van der Waals surface area contributed by atoms with E-state index in [-0.39, 0.29) is 4.83 Å². The van der Waals surface area contributed by atoms with Crippen LogP contribution in [0.25, 0.3) is 0 Å². The Kier molecular flexibility index (Phi) is 4.33. The summed E-state index contributed by atoms with van der Waals surface area (Å²) >= 11 is 3.25. The number of carbonyl (C=O) groups excluding carboxylic acids is 1. The van der Waals surface area contributed by atoms with Gasteiger partial charge in [0.15, 0.2) is 0 Å². The molecule has 0 radical (unpaired) electrons. The standard InChI is InChI=1S/C5H7BrO.CHN/c6-4-2-1-3-5(4)7;1-2/h4H,1-3H2;1H. The normalized spacial score (nSPS) is 24.8. The van der Waals surface area contributed by atoms with Gasteiger partial charge in [0, 0.05) is 13.0 Å². The summed E-state index contributed by atoms with van der Waals surface area (Å²) in [6, 6.07) is 0. The van der Waals surface area contributed by atoms with Crippen LogP contribution in [0, 0.1) is 11.8 Å². The summed E-state index contributed by atoms with van der Waals surface area (Å²) in [7, 11) is 0. The van der Waals surface area contributed by atoms with Gasteiger partial charge >= 0.3 is 0 Å². The Morgan fingerprint density at radius 2 is 2.22 bits per heavy atom. The Morgan fingerprint density at radius 3 is 2.33 bits per heavy atom. The molecule has 9 heavy (non-hydrogen) atoms. The lowest BCUT2D eigenvalue weighted by Crippen LogP contribution is -2.01. The molecule has 1 saturated carbocycles. The van der Waals surface area contributed by atoms with Crippen molar-refractivity contribution in [2.24, 2.45) is 0 Å². The summed E-state index contributed by atoms with van der Waals surface area (Å²) in [6.07, 6.45) is 2.91. The molecule has 0 aliphatic heterocycles. The molecule has 0 spiro atoms. The molecule has 3 heteroatoms. The number of nitriles is 1. The number of alkyl halides is 1. The molecule has 0 heterocycles. The maximum Gasteiger partial charge on any atom is 0.146 e. The van der Waals surface area contributed by atoms with E-state index in [2.05, 4.69) is 22.5 Å². The zero-order valence-corrected chi connectivity index (χ0v) is 6.60. The topological polar surface area (TPSA) is 40.9 Å². The average Bonchev–Trinajstić information content (AvgIpc) is 2.23. The van der Waals surface area contributed by atoms with Crippen LogP contribution in [0.5, 0.6) is 0 Å². The van der Waals surface area contributed by atoms with E-state index in [0.29, 0.717) is 5.78 Å². The third kappa shape index (κ3) is 2.62. The molecule has 1 fully saturated rings. The lowest BCUT2D eigenvalue weighted by atomic mass is 10.4. The van der Waals surface area contributed by atoms with Crippen LogP contribution >= 0.6 is 15.9 Å². The van der Waals surface area contributed by atoms with Crippen molar-refractivity contribution < 1.29 is 4.79 Å². The van der Waals surface area contributed by atoms with Crippen LogP contribution in [0.4, 0.5) is 0 Å². The maximum absolute atomic E-state index is 10.5. The van der Waals surface area contributed by atoms with Crippen molar-refractivity contribution in [3.63, 3.8) is 0 Å². The summed E-state index contributed by atoms with van der Waals surface area (Å²) < 4.78 is 0. The first-order valence-electron chi connectivity index (χ1n) is 2.73. The van der Waals surface area contributed by atoms with Gasteiger partial charge in [0.1, 0.15) is 5.78 Å². The van der Waals surface area contributed by atoms with Gasteiger partial charge in [-0.1, -0.05) is 15.9 Å². The van der Waals surface area contributed by atoms with Gasteiger partial charge in [-0.2, -0.15) is 0 Å². The lowest BCUT2D eigenvalue weighted by molar-refractivity contribution is -0.116. The second kappa shape index (κ2) is 4.51. The molecule has 50 valence electrons. The molecule has 1 unspecified atom stereocenters. The monoisotopic (exact) mass is 189 g/mol. The second-order valence-corrected chi connectivity index (χ2v) is 2.93. The summed E-state index contributed by atoms with van der Waals surface area (Å²) in [4.78, 5) is 10.7. The molecule has 1 rings (SSSR count). The Labute approximate surface area is 63.0 Å². The molecule has 0 amide bonds. The fourth-order valence-corrected chi connectivity index (χ4v) is 1.33. The number of rotatable bonds is 0. The van der Waals surface area contributed by atoms with E-state index in [1.165, 1.54) is 0 Å². The minimum atomic E-state index is 0.187. The summed E-state index contributed by atoms with van der Waals surface area (Å²) in [5, 5.41) is 6.50. The molecule has 0 aromatic rings. The summed E-state index contributed by atoms with van der Waals surface area (Å²) in [5.74, 6) is 0.375. The molecule has 0 aromatic heterocycles. The Hall–Kier alpha value is -0.360. The van der Waals surface area contributed by atoms with Crippen LogP contribution in [0.15, 0.2) is 0 Å². The number of ketones is 1. The Balaban J connectivity index is 0.000000291. The maximum atomic E-state index is 10.5. The number of hydrogen-bond donors (Lipinski definition) is 0. The second-order valence-electron chi connectivity index (χ2n) is 1.83. The first-order chi connectivity index (χ1) is 4.30. The lowest BCUT2D eigenvalue weighted by Gasteiger charge is -1.88. The smallest absolute Gasteiger partial charge is 0.146 e. The fraction of sp³-hybridized carbons (Fsp3) is 0.667. The molecular weight excluding hydrogens is 182 g/mol. The van der Waals surface area contributed by atoms with Gasteiger partial charge in [0.2, 0.25) is 0 Å². The van der Waals surface area contributed by atoms with Crippen molar-refractivity contribution in [3.05, 3.63) is 0 Å². The minimum absolute atomic E-state index is 0.187. The average molecular weight is 190 g/mol. The van der Waals surface area contributed by atoms with E-state index >= 15 is 0 Å². The van der Waals surface area contributed by atoms with Crippen LogP contribution in [0.1, 0.15) is 19.3 Å². The van der Waals surface area contributed by atoms with Gasteiger partial charge in [-0.25, -0.2) is 5.26 Å². The van der Waals surface area contributed by atoms with Crippen molar-refractivity contribution >= 4 is 21.7 Å². The Bertz CT molecular complexity index is 121. The number of Topliss-reactive ketones (excluding diaryl/α,β-unsaturated/α-hetero) is 1.